The average molecular weight is 388 g/mol. The van der Waals surface area contributed by atoms with E-state index in [2.05, 4.69) is 21.4 Å². The summed E-state index contributed by atoms with van der Waals surface area (Å²) >= 11 is 0. The maximum absolute atomic E-state index is 5.92. The Labute approximate surface area is 138 Å². The van der Waals surface area contributed by atoms with Crippen LogP contribution in [0.3, 0.4) is 0 Å². The van der Waals surface area contributed by atoms with Crippen LogP contribution < -0.4 is 11.1 Å². The van der Waals surface area contributed by atoms with E-state index in [0.29, 0.717) is 12.0 Å². The minimum atomic E-state index is 0. The van der Waals surface area contributed by atoms with Gasteiger partial charge in [0.1, 0.15) is 0 Å². The average Bonchev–Trinajstić information content (AvgIpc) is 2.42. The first-order chi connectivity index (χ1) is 9.24. The Kier molecular flexibility index (Phi) is 7.87. The summed E-state index contributed by atoms with van der Waals surface area (Å²) in [6, 6.07) is 4.66. The van der Waals surface area contributed by atoms with Crippen molar-refractivity contribution < 1.29 is 0 Å². The summed E-state index contributed by atoms with van der Waals surface area (Å²) in [4.78, 5) is 8.67. The highest BCUT2D eigenvalue weighted by Crippen LogP contribution is 2.16. The summed E-state index contributed by atoms with van der Waals surface area (Å²) in [5.74, 6) is 0.590. The van der Waals surface area contributed by atoms with E-state index in [4.69, 9.17) is 5.73 Å². The number of hydrogen-bond acceptors (Lipinski definition) is 2. The van der Waals surface area contributed by atoms with Crippen molar-refractivity contribution >= 4 is 29.9 Å². The van der Waals surface area contributed by atoms with Crippen molar-refractivity contribution in [1.29, 1.82) is 0 Å². The van der Waals surface area contributed by atoms with Crippen molar-refractivity contribution in [2.75, 3.05) is 6.54 Å². The van der Waals surface area contributed by atoms with Gasteiger partial charge in [0.05, 0.1) is 0 Å². The number of nitrogens with one attached hydrogen (secondary N) is 1. The van der Waals surface area contributed by atoms with E-state index in [1.54, 1.807) is 0 Å². The van der Waals surface area contributed by atoms with Gasteiger partial charge in [-0.1, -0.05) is 25.3 Å². The molecule has 0 bridgehead atoms. The zero-order valence-corrected chi connectivity index (χ0v) is 14.5. The maximum atomic E-state index is 5.92. The van der Waals surface area contributed by atoms with Crippen LogP contribution in [0.1, 0.15) is 43.4 Å². The lowest BCUT2D eigenvalue weighted by Crippen LogP contribution is -2.41. The molecule has 0 atom stereocenters. The number of aryl methyl sites for hydroxylation is 1. The summed E-state index contributed by atoms with van der Waals surface area (Å²) in [5, 5.41) is 3.33. The number of halogens is 1. The van der Waals surface area contributed by atoms with Gasteiger partial charge in [-0.15, -0.1) is 24.0 Å². The largest absolute Gasteiger partial charge is 0.370 e. The van der Waals surface area contributed by atoms with Gasteiger partial charge in [0.25, 0.3) is 0 Å². The highest BCUT2D eigenvalue weighted by molar-refractivity contribution is 14.0. The van der Waals surface area contributed by atoms with E-state index >= 15 is 0 Å². The first-order valence-electron chi connectivity index (χ1n) is 7.22. The molecule has 1 fully saturated rings. The van der Waals surface area contributed by atoms with Crippen molar-refractivity contribution in [3.63, 3.8) is 0 Å². The number of nitrogens with zero attached hydrogens (tertiary/aromatic N) is 2. The van der Waals surface area contributed by atoms with Crippen LogP contribution in [0.4, 0.5) is 0 Å². The topological polar surface area (TPSA) is 63.3 Å². The predicted octanol–water partition coefficient (Wildman–Crippen LogP) is 2.79. The number of guanidine groups is 1. The zero-order valence-electron chi connectivity index (χ0n) is 12.1. The smallest absolute Gasteiger partial charge is 0.188 e. The van der Waals surface area contributed by atoms with Crippen molar-refractivity contribution in [3.05, 3.63) is 29.6 Å². The molecule has 0 aliphatic heterocycles. The Morgan fingerprint density at radius 3 is 2.75 bits per heavy atom. The Balaban J connectivity index is 0.00000200. The molecule has 0 radical (unpaired) electrons. The fourth-order valence-corrected chi connectivity index (χ4v) is 2.45. The Morgan fingerprint density at radius 2 is 2.10 bits per heavy atom. The molecule has 5 heteroatoms. The van der Waals surface area contributed by atoms with Crippen LogP contribution in [0.5, 0.6) is 0 Å². The quantitative estimate of drug-likeness (QED) is 0.474. The molecule has 3 N–H and O–H groups in total. The standard InChI is InChI=1S/C15H24N4.HI/c1-12-7-8-13(11-18-12)9-10-17-15(16)19-14-5-3-2-4-6-14;/h7-8,11,14H,2-6,9-10H2,1H3,(H3,16,17,19);1H. The van der Waals surface area contributed by atoms with Gasteiger partial charge in [0.15, 0.2) is 5.96 Å². The van der Waals surface area contributed by atoms with Crippen LogP contribution in [-0.4, -0.2) is 23.5 Å². The molecule has 0 spiro atoms. The van der Waals surface area contributed by atoms with Gasteiger partial charge < -0.3 is 11.1 Å². The van der Waals surface area contributed by atoms with Gasteiger partial charge in [0.2, 0.25) is 0 Å². The second-order valence-corrected chi connectivity index (χ2v) is 5.30. The molecular weight excluding hydrogens is 363 g/mol. The van der Waals surface area contributed by atoms with Crippen LogP contribution in [0.15, 0.2) is 23.3 Å². The molecule has 1 saturated carbocycles. The van der Waals surface area contributed by atoms with Gasteiger partial charge in [0, 0.05) is 24.5 Å². The predicted molar refractivity (Wildman–Crippen MR) is 94.6 cm³/mol. The summed E-state index contributed by atoms with van der Waals surface area (Å²) in [5.41, 5.74) is 8.17. The number of rotatable bonds is 4. The van der Waals surface area contributed by atoms with Crippen LogP contribution in [-0.2, 0) is 6.42 Å². The SMILES string of the molecule is Cc1ccc(CCN=C(N)NC2CCCCC2)cn1.I. The van der Waals surface area contributed by atoms with E-state index in [-0.39, 0.29) is 24.0 Å². The van der Waals surface area contributed by atoms with Crippen molar-refractivity contribution in [1.82, 2.24) is 10.3 Å². The van der Waals surface area contributed by atoms with Gasteiger partial charge in [-0.05, 0) is 37.8 Å². The van der Waals surface area contributed by atoms with E-state index in [9.17, 15) is 0 Å². The minimum absolute atomic E-state index is 0. The fraction of sp³-hybridized carbons (Fsp3) is 0.600. The summed E-state index contributed by atoms with van der Waals surface area (Å²) < 4.78 is 0. The van der Waals surface area contributed by atoms with Crippen molar-refractivity contribution in [3.8, 4) is 0 Å². The van der Waals surface area contributed by atoms with E-state index in [1.807, 2.05) is 19.2 Å². The number of pyridine rings is 1. The summed E-state index contributed by atoms with van der Waals surface area (Å²) in [7, 11) is 0. The molecule has 1 aliphatic carbocycles. The highest BCUT2D eigenvalue weighted by atomic mass is 127. The summed E-state index contributed by atoms with van der Waals surface area (Å²) in [6.45, 7) is 2.71. The maximum Gasteiger partial charge on any atom is 0.188 e. The van der Waals surface area contributed by atoms with Crippen LogP contribution in [0.25, 0.3) is 0 Å². The Bertz CT molecular complexity index is 410. The van der Waals surface area contributed by atoms with Crippen molar-refractivity contribution in [2.45, 2.75) is 51.5 Å². The molecule has 0 amide bonds. The first-order valence-corrected chi connectivity index (χ1v) is 7.22. The Hall–Kier alpha value is -0.850. The van der Waals surface area contributed by atoms with E-state index < -0.39 is 0 Å². The number of aliphatic imine (C=N–C) groups is 1. The molecule has 112 valence electrons. The minimum Gasteiger partial charge on any atom is -0.370 e. The lowest BCUT2D eigenvalue weighted by molar-refractivity contribution is 0.412. The van der Waals surface area contributed by atoms with Gasteiger partial charge in [-0.2, -0.15) is 0 Å². The second kappa shape index (κ2) is 9.15. The summed E-state index contributed by atoms with van der Waals surface area (Å²) in [6.07, 6.45) is 9.21. The van der Waals surface area contributed by atoms with E-state index in [0.717, 1.165) is 18.7 Å². The number of hydrogen-bond donors (Lipinski definition) is 2. The molecule has 1 aromatic heterocycles. The molecule has 1 heterocycles. The zero-order chi connectivity index (χ0) is 13.5. The normalized spacial score (nSPS) is 16.6. The second-order valence-electron chi connectivity index (χ2n) is 5.30. The van der Waals surface area contributed by atoms with Gasteiger partial charge in [-0.25, -0.2) is 0 Å². The van der Waals surface area contributed by atoms with Crippen LogP contribution in [0, 0.1) is 6.92 Å². The van der Waals surface area contributed by atoms with Crippen molar-refractivity contribution in [2.24, 2.45) is 10.7 Å². The lowest BCUT2D eigenvalue weighted by atomic mass is 9.96. The highest BCUT2D eigenvalue weighted by Gasteiger charge is 2.12. The van der Waals surface area contributed by atoms with Crippen LogP contribution in [0.2, 0.25) is 0 Å². The molecular formula is C15H25IN4. The Morgan fingerprint density at radius 1 is 1.35 bits per heavy atom. The van der Waals surface area contributed by atoms with Gasteiger partial charge >= 0.3 is 0 Å². The third kappa shape index (κ3) is 6.07. The van der Waals surface area contributed by atoms with Gasteiger partial charge in [-0.3, -0.25) is 9.98 Å². The molecule has 0 saturated heterocycles. The molecule has 2 rings (SSSR count). The molecule has 1 aliphatic rings. The molecule has 20 heavy (non-hydrogen) atoms. The monoisotopic (exact) mass is 388 g/mol. The molecule has 0 aromatic carbocycles. The molecule has 4 nitrogen and oxygen atoms in total. The first kappa shape index (κ1) is 17.2. The van der Waals surface area contributed by atoms with Crippen LogP contribution >= 0.6 is 24.0 Å². The third-order valence-corrected chi connectivity index (χ3v) is 3.61. The fourth-order valence-electron chi connectivity index (χ4n) is 2.45. The molecule has 0 unspecified atom stereocenters. The molecule has 1 aromatic rings. The third-order valence-electron chi connectivity index (χ3n) is 3.61. The lowest BCUT2D eigenvalue weighted by Gasteiger charge is -2.23. The van der Waals surface area contributed by atoms with E-state index in [1.165, 1.54) is 37.7 Å². The number of aromatic nitrogens is 1. The number of nitrogens with two attached hydrogens (primary N) is 1.